The molecule has 1 aliphatic heterocycles. The Bertz CT molecular complexity index is 1830. The summed E-state index contributed by atoms with van der Waals surface area (Å²) < 4.78 is 49.5. The van der Waals surface area contributed by atoms with Gasteiger partial charge in [0, 0.05) is 17.7 Å². The minimum Gasteiger partial charge on any atom is -0.497 e. The van der Waals surface area contributed by atoms with Crippen LogP contribution in [0.3, 0.4) is 0 Å². The highest BCUT2D eigenvalue weighted by atomic mass is 32.2. The number of carbonyl (C=O) groups is 4. The van der Waals surface area contributed by atoms with Crippen molar-refractivity contribution in [2.45, 2.75) is 108 Å². The number of carbonyl (C=O) groups excluding carboxylic acids is 4. The molecule has 3 N–H and O–H groups in total. The molecule has 4 amide bonds. The van der Waals surface area contributed by atoms with Crippen LogP contribution in [0.15, 0.2) is 49.1 Å². The summed E-state index contributed by atoms with van der Waals surface area (Å²) in [5, 5.41) is 7.20. The molecule has 4 fully saturated rings. The third-order valence-corrected chi connectivity index (χ3v) is 11.2. The van der Waals surface area contributed by atoms with Crippen molar-refractivity contribution >= 4 is 44.9 Å². The van der Waals surface area contributed by atoms with Crippen LogP contribution in [-0.2, 0) is 33.6 Å². The Balaban J connectivity index is 1.26. The summed E-state index contributed by atoms with van der Waals surface area (Å²) in [6.07, 6.45) is 4.11. The van der Waals surface area contributed by atoms with E-state index in [0.717, 1.165) is 36.5 Å². The van der Waals surface area contributed by atoms with Gasteiger partial charge in [-0.3, -0.25) is 18.6 Å². The predicted octanol–water partition coefficient (Wildman–Crippen LogP) is 3.88. The van der Waals surface area contributed by atoms with Crippen LogP contribution in [0.2, 0.25) is 0 Å². The molecule has 52 heavy (non-hydrogen) atoms. The predicted molar refractivity (Wildman–Crippen MR) is 190 cm³/mol. The number of methoxy groups -OCH3 is 1. The SMILES string of the molecule is C=CC1C[C@]1(NC(=O)C1C[C@@H](Oc2cccc3cc(OC)ccc23)CN1C(=O)[C@@H](NC(=O)OC1CCCC1)C(C)(C)C)C(=O)NS(=O)(=O)OC1CC1. The maximum Gasteiger partial charge on any atom is 0.408 e. The third kappa shape index (κ3) is 8.30. The summed E-state index contributed by atoms with van der Waals surface area (Å²) in [7, 11) is -2.83. The fraction of sp³-hybridized carbons (Fsp3) is 0.568. The van der Waals surface area contributed by atoms with Crippen molar-refractivity contribution in [1.29, 1.82) is 0 Å². The van der Waals surface area contributed by atoms with Gasteiger partial charge in [0.05, 0.1) is 19.8 Å². The minimum absolute atomic E-state index is 0.0108. The van der Waals surface area contributed by atoms with Crippen LogP contribution in [0.4, 0.5) is 4.79 Å². The van der Waals surface area contributed by atoms with E-state index in [1.807, 2.05) is 35.1 Å². The van der Waals surface area contributed by atoms with Crippen LogP contribution in [0.5, 0.6) is 11.5 Å². The van der Waals surface area contributed by atoms with Crippen molar-refractivity contribution in [3.8, 4) is 11.5 Å². The number of hydrogen-bond acceptors (Lipinski definition) is 10. The van der Waals surface area contributed by atoms with E-state index < -0.39 is 75.3 Å². The number of ether oxygens (including phenoxy) is 3. The number of nitrogens with zero attached hydrogens (tertiary/aromatic N) is 1. The van der Waals surface area contributed by atoms with Crippen LogP contribution in [0, 0.1) is 11.3 Å². The lowest BCUT2D eigenvalue weighted by Gasteiger charge is -2.35. The van der Waals surface area contributed by atoms with Gasteiger partial charge in [-0.2, -0.15) is 8.42 Å². The fourth-order valence-corrected chi connectivity index (χ4v) is 8.06. The fourth-order valence-electron chi connectivity index (χ4n) is 7.05. The van der Waals surface area contributed by atoms with Gasteiger partial charge in [-0.25, -0.2) is 9.52 Å². The number of fused-ring (bicyclic) bond motifs is 1. The number of rotatable bonds is 13. The molecule has 0 radical (unpaired) electrons. The molecule has 6 rings (SSSR count). The molecule has 2 aromatic rings. The Morgan fingerprint density at radius 1 is 1.02 bits per heavy atom. The van der Waals surface area contributed by atoms with Gasteiger partial charge in [-0.15, -0.1) is 6.58 Å². The van der Waals surface area contributed by atoms with Crippen LogP contribution < -0.4 is 24.8 Å². The molecule has 15 heteroatoms. The zero-order valence-corrected chi connectivity index (χ0v) is 30.8. The highest BCUT2D eigenvalue weighted by molar-refractivity contribution is 7.85. The first-order valence-electron chi connectivity index (χ1n) is 17.8. The molecule has 14 nitrogen and oxygen atoms in total. The Kier molecular flexibility index (Phi) is 10.5. The Hall–Kier alpha value is -4.37. The molecule has 0 spiro atoms. The number of hydrogen-bond donors (Lipinski definition) is 3. The molecule has 0 bridgehead atoms. The van der Waals surface area contributed by atoms with Crippen molar-refractivity contribution in [1.82, 2.24) is 20.3 Å². The van der Waals surface area contributed by atoms with Crippen LogP contribution >= 0.6 is 0 Å². The van der Waals surface area contributed by atoms with E-state index in [1.54, 1.807) is 33.9 Å². The standard InChI is InChI=1S/C37H48N4O10S/c1-6-23-20-37(23,34(44)40-52(46,47)51-25-14-15-25)39-32(42)29-19-27(49-30-13-9-10-22-18-26(48-5)16-17-28(22)30)21-41(29)33(43)31(36(2,3)4)38-35(45)50-24-11-7-8-12-24/h6,9-10,13,16-18,23-25,27,29,31H,1,7-8,11-12,14-15,19-21H2,2-5H3,(H,38,45)(H,39,42)(H,40,44)/t23?,27-,29?,31-,37-/m1/s1. The normalized spacial score (nSPS) is 25.2. The van der Waals surface area contributed by atoms with Gasteiger partial charge in [-0.05, 0) is 80.0 Å². The van der Waals surface area contributed by atoms with Gasteiger partial charge in [0.2, 0.25) is 11.8 Å². The summed E-state index contributed by atoms with van der Waals surface area (Å²) in [5.41, 5.74) is -2.41. The molecule has 1 saturated heterocycles. The second kappa shape index (κ2) is 14.6. The maximum absolute atomic E-state index is 14.5. The zero-order valence-electron chi connectivity index (χ0n) is 30.0. The highest BCUT2D eigenvalue weighted by Gasteiger charge is 2.62. The van der Waals surface area contributed by atoms with Gasteiger partial charge >= 0.3 is 16.4 Å². The molecular weight excluding hydrogens is 692 g/mol. The second-order valence-corrected chi connectivity index (χ2v) is 16.6. The van der Waals surface area contributed by atoms with E-state index in [0.29, 0.717) is 24.3 Å². The molecule has 3 aliphatic carbocycles. The van der Waals surface area contributed by atoms with Crippen molar-refractivity contribution < 1.29 is 46.0 Å². The average molecular weight is 741 g/mol. The van der Waals surface area contributed by atoms with Gasteiger partial charge in [0.15, 0.2) is 0 Å². The van der Waals surface area contributed by atoms with Crippen molar-refractivity contribution in [2.24, 2.45) is 11.3 Å². The van der Waals surface area contributed by atoms with Gasteiger partial charge in [0.25, 0.3) is 5.91 Å². The van der Waals surface area contributed by atoms with Crippen LogP contribution in [0.25, 0.3) is 10.8 Å². The first-order chi connectivity index (χ1) is 24.6. The molecule has 2 unspecified atom stereocenters. The third-order valence-electron chi connectivity index (χ3n) is 10.2. The minimum atomic E-state index is -4.41. The van der Waals surface area contributed by atoms with Crippen molar-refractivity contribution in [3.63, 3.8) is 0 Å². The molecule has 4 aliphatic rings. The van der Waals surface area contributed by atoms with Gasteiger partial charge < -0.3 is 29.7 Å². The zero-order chi connectivity index (χ0) is 37.4. The van der Waals surface area contributed by atoms with E-state index in [9.17, 15) is 27.6 Å². The number of nitrogens with one attached hydrogen (secondary N) is 3. The first-order valence-corrected chi connectivity index (χ1v) is 19.2. The number of amides is 4. The van der Waals surface area contributed by atoms with E-state index in [-0.39, 0.29) is 25.5 Å². The highest BCUT2D eigenvalue weighted by Crippen LogP contribution is 2.45. The van der Waals surface area contributed by atoms with E-state index in [1.165, 1.54) is 11.0 Å². The quantitative estimate of drug-likeness (QED) is 0.255. The molecule has 5 atom stereocenters. The summed E-state index contributed by atoms with van der Waals surface area (Å²) in [5.74, 6) is -1.51. The molecular formula is C37H48N4O10S. The lowest BCUT2D eigenvalue weighted by molar-refractivity contribution is -0.143. The maximum atomic E-state index is 14.5. The first kappa shape index (κ1) is 37.4. The Labute approximate surface area is 304 Å². The largest absolute Gasteiger partial charge is 0.497 e. The van der Waals surface area contributed by atoms with Crippen LogP contribution in [-0.4, -0.2) is 86.7 Å². The lowest BCUT2D eigenvalue weighted by atomic mass is 9.85. The topological polar surface area (TPSA) is 179 Å². The lowest BCUT2D eigenvalue weighted by Crippen LogP contribution is -2.60. The summed E-state index contributed by atoms with van der Waals surface area (Å²) in [6.45, 7) is 9.15. The number of benzene rings is 2. The monoisotopic (exact) mass is 740 g/mol. The molecule has 282 valence electrons. The van der Waals surface area contributed by atoms with E-state index in [4.69, 9.17) is 18.4 Å². The Morgan fingerprint density at radius 2 is 1.75 bits per heavy atom. The average Bonchev–Trinajstić information content (AvgIpc) is 3.92. The molecule has 0 aromatic heterocycles. The molecule has 1 heterocycles. The van der Waals surface area contributed by atoms with Crippen LogP contribution in [0.1, 0.15) is 72.1 Å². The molecule has 3 saturated carbocycles. The smallest absolute Gasteiger partial charge is 0.408 e. The van der Waals surface area contributed by atoms with Crippen molar-refractivity contribution in [2.75, 3.05) is 13.7 Å². The number of alkyl carbamates (subject to hydrolysis) is 1. The van der Waals surface area contributed by atoms with Gasteiger partial charge in [-0.1, -0.05) is 39.0 Å². The van der Waals surface area contributed by atoms with E-state index >= 15 is 0 Å². The summed E-state index contributed by atoms with van der Waals surface area (Å²) in [4.78, 5) is 56.6. The summed E-state index contributed by atoms with van der Waals surface area (Å²) >= 11 is 0. The Morgan fingerprint density at radius 3 is 2.38 bits per heavy atom. The molecule has 2 aromatic carbocycles. The van der Waals surface area contributed by atoms with Crippen molar-refractivity contribution in [3.05, 3.63) is 49.1 Å². The second-order valence-electron chi connectivity index (χ2n) is 15.3. The van der Waals surface area contributed by atoms with Gasteiger partial charge in [0.1, 0.15) is 41.3 Å². The van der Waals surface area contributed by atoms with E-state index in [2.05, 4.69) is 17.2 Å². The number of likely N-dealkylation sites (tertiary alicyclic amines) is 1. The summed E-state index contributed by atoms with van der Waals surface area (Å²) in [6, 6.07) is 8.89.